The van der Waals surface area contributed by atoms with Crippen molar-refractivity contribution >= 4 is 37.5 Å². The quantitative estimate of drug-likeness (QED) is 0.346. The van der Waals surface area contributed by atoms with Crippen LogP contribution in [0.3, 0.4) is 0 Å². The first-order valence-corrected chi connectivity index (χ1v) is 12.0. The number of sulfone groups is 1. The molecule has 0 fully saturated rings. The summed E-state index contributed by atoms with van der Waals surface area (Å²) in [6.07, 6.45) is 2.52. The molecular weight excluding hydrogens is 506 g/mol. The highest BCUT2D eigenvalue weighted by molar-refractivity contribution is 9.10. The van der Waals surface area contributed by atoms with Crippen LogP contribution < -0.4 is 10.3 Å². The average Bonchev–Trinajstić information content (AvgIpc) is 2.79. The van der Waals surface area contributed by atoms with E-state index >= 15 is 0 Å². The molecule has 0 radical (unpaired) electrons. The summed E-state index contributed by atoms with van der Waals surface area (Å²) in [6.45, 7) is 1.88. The third-order valence-corrected chi connectivity index (χ3v) is 6.95. The number of allylic oxidation sites excluding steroid dienone is 1. The normalized spacial score (nSPS) is 11.8. The first-order valence-electron chi connectivity index (χ1n) is 9.68. The largest absolute Gasteiger partial charge is 0.438 e. The summed E-state index contributed by atoms with van der Waals surface area (Å²) in [4.78, 5) is 17.0. The Balaban J connectivity index is 1.93. The number of hydrogen-bond donors (Lipinski definition) is 0. The molecule has 2 aromatic carbocycles. The second-order valence-electron chi connectivity index (χ2n) is 7.06. The number of nitrogens with zero attached hydrogens (tertiary/aromatic N) is 3. The van der Waals surface area contributed by atoms with Gasteiger partial charge in [-0.3, -0.25) is 9.20 Å². The molecule has 0 amide bonds. The lowest BCUT2D eigenvalue weighted by Gasteiger charge is -2.11. The lowest BCUT2D eigenvalue weighted by atomic mass is 10.2. The molecule has 0 aliphatic carbocycles. The number of nitriles is 1. The molecule has 9 heteroatoms. The van der Waals surface area contributed by atoms with E-state index in [1.807, 2.05) is 13.0 Å². The van der Waals surface area contributed by atoms with Gasteiger partial charge < -0.3 is 4.74 Å². The van der Waals surface area contributed by atoms with E-state index in [0.717, 1.165) is 11.6 Å². The fourth-order valence-corrected chi connectivity index (χ4v) is 4.52. The highest BCUT2D eigenvalue weighted by Gasteiger charge is 2.23. The van der Waals surface area contributed by atoms with Crippen molar-refractivity contribution in [3.8, 4) is 17.7 Å². The van der Waals surface area contributed by atoms with Crippen molar-refractivity contribution in [3.63, 3.8) is 0 Å². The molecule has 0 saturated heterocycles. The summed E-state index contributed by atoms with van der Waals surface area (Å²) in [5.74, 6) is 0.321. The molecule has 0 aliphatic rings. The number of benzene rings is 2. The van der Waals surface area contributed by atoms with Gasteiger partial charge in [-0.1, -0.05) is 34.1 Å². The fourth-order valence-electron chi connectivity index (χ4n) is 3.12. The van der Waals surface area contributed by atoms with E-state index in [1.54, 1.807) is 54.6 Å². The van der Waals surface area contributed by atoms with Gasteiger partial charge in [0.15, 0.2) is 0 Å². The Morgan fingerprint density at radius 2 is 1.88 bits per heavy atom. The van der Waals surface area contributed by atoms with Crippen LogP contribution in [0.4, 0.5) is 0 Å². The van der Waals surface area contributed by atoms with Gasteiger partial charge in [0.05, 0.1) is 4.90 Å². The molecule has 33 heavy (non-hydrogen) atoms. The smallest absolute Gasteiger partial charge is 0.269 e. The number of ether oxygens (including phenoxy) is 1. The second-order valence-corrected chi connectivity index (χ2v) is 9.89. The van der Waals surface area contributed by atoms with Gasteiger partial charge in [-0.15, -0.1) is 0 Å². The highest BCUT2D eigenvalue weighted by Crippen LogP contribution is 2.27. The minimum atomic E-state index is -4.18. The van der Waals surface area contributed by atoms with Crippen LogP contribution >= 0.6 is 15.9 Å². The van der Waals surface area contributed by atoms with Gasteiger partial charge in [-0.25, -0.2) is 8.42 Å². The maximum atomic E-state index is 13.3. The van der Waals surface area contributed by atoms with E-state index in [0.29, 0.717) is 15.9 Å². The van der Waals surface area contributed by atoms with E-state index in [4.69, 9.17) is 4.74 Å². The summed E-state index contributed by atoms with van der Waals surface area (Å²) in [5, 5.41) is 9.68. The zero-order valence-corrected chi connectivity index (χ0v) is 19.7. The third kappa shape index (κ3) is 4.58. The molecule has 164 valence electrons. The molecular formula is C24H16BrN3O4S. The molecule has 4 aromatic rings. The standard InChI is InChI=1S/C24H16BrN3O4S/c1-16-5-4-6-18(13-16)32-23-21(24(29)28-12-3-2-7-22(28)27-23)14-20(15-26)33(30,31)19-10-8-17(25)9-11-19/h2-14H,1H3/b20-14+. The van der Waals surface area contributed by atoms with E-state index in [2.05, 4.69) is 20.9 Å². The number of fused-ring (bicyclic) bond motifs is 1. The molecule has 0 atom stereocenters. The molecule has 4 rings (SSSR count). The molecule has 7 nitrogen and oxygen atoms in total. The molecule has 0 unspecified atom stereocenters. The predicted octanol–water partition coefficient (Wildman–Crippen LogP) is 4.90. The van der Waals surface area contributed by atoms with E-state index in [1.165, 1.54) is 22.7 Å². The van der Waals surface area contributed by atoms with Gasteiger partial charge >= 0.3 is 0 Å². The number of aryl methyl sites for hydroxylation is 1. The van der Waals surface area contributed by atoms with E-state index < -0.39 is 20.3 Å². The molecule has 2 aromatic heterocycles. The Bertz CT molecular complexity index is 1600. The summed E-state index contributed by atoms with van der Waals surface area (Å²) in [5.41, 5.74) is 0.522. The Labute approximate surface area is 198 Å². The zero-order valence-electron chi connectivity index (χ0n) is 17.3. The topological polar surface area (TPSA) is 102 Å². The Morgan fingerprint density at radius 1 is 1.12 bits per heavy atom. The molecule has 0 N–H and O–H groups in total. The summed E-state index contributed by atoms with van der Waals surface area (Å²) >= 11 is 3.26. The second kappa shape index (κ2) is 9.02. The minimum Gasteiger partial charge on any atom is -0.438 e. The highest BCUT2D eigenvalue weighted by atomic mass is 79.9. The first-order chi connectivity index (χ1) is 15.8. The number of aromatic nitrogens is 2. The van der Waals surface area contributed by atoms with Crippen LogP contribution in [0.15, 0.2) is 92.0 Å². The van der Waals surface area contributed by atoms with Gasteiger partial charge in [0.25, 0.3) is 5.56 Å². The van der Waals surface area contributed by atoms with Crippen LogP contribution in [-0.4, -0.2) is 17.8 Å². The van der Waals surface area contributed by atoms with Crippen LogP contribution in [-0.2, 0) is 9.84 Å². The van der Waals surface area contributed by atoms with Crippen molar-refractivity contribution in [2.24, 2.45) is 0 Å². The van der Waals surface area contributed by atoms with Crippen LogP contribution in [0.1, 0.15) is 11.1 Å². The molecule has 2 heterocycles. The van der Waals surface area contributed by atoms with Gasteiger partial charge in [0.1, 0.15) is 27.9 Å². The van der Waals surface area contributed by atoms with Crippen molar-refractivity contribution in [3.05, 3.63) is 104 Å². The molecule has 0 bridgehead atoms. The SMILES string of the molecule is Cc1cccc(Oc2nc3ccccn3c(=O)c2/C=C(\C#N)S(=O)(=O)c2ccc(Br)cc2)c1. The average molecular weight is 522 g/mol. The third-order valence-electron chi connectivity index (χ3n) is 4.74. The van der Waals surface area contributed by atoms with E-state index in [-0.39, 0.29) is 16.3 Å². The molecule has 0 spiro atoms. The van der Waals surface area contributed by atoms with Crippen LogP contribution in [0.5, 0.6) is 11.6 Å². The number of pyridine rings is 1. The van der Waals surface area contributed by atoms with Crippen LogP contribution in [0.2, 0.25) is 0 Å². The van der Waals surface area contributed by atoms with Crippen molar-refractivity contribution in [1.29, 1.82) is 5.26 Å². The molecule has 0 saturated carbocycles. The Kier molecular flexibility index (Phi) is 6.14. The zero-order chi connectivity index (χ0) is 23.6. The predicted molar refractivity (Wildman–Crippen MR) is 128 cm³/mol. The van der Waals surface area contributed by atoms with Gasteiger partial charge in [0, 0.05) is 10.7 Å². The van der Waals surface area contributed by atoms with E-state index in [9.17, 15) is 18.5 Å². The summed E-state index contributed by atoms with van der Waals surface area (Å²) in [7, 11) is -4.18. The minimum absolute atomic E-state index is 0.0755. The lowest BCUT2D eigenvalue weighted by Crippen LogP contribution is -2.19. The van der Waals surface area contributed by atoms with Gasteiger partial charge in [0.2, 0.25) is 15.7 Å². The number of halogens is 1. The van der Waals surface area contributed by atoms with Crippen molar-refractivity contribution in [1.82, 2.24) is 9.38 Å². The van der Waals surface area contributed by atoms with Gasteiger partial charge in [-0.05, 0) is 67.1 Å². The summed E-state index contributed by atoms with van der Waals surface area (Å²) < 4.78 is 34.0. The van der Waals surface area contributed by atoms with Crippen LogP contribution in [0.25, 0.3) is 11.7 Å². The first kappa shape index (κ1) is 22.5. The Morgan fingerprint density at radius 3 is 2.58 bits per heavy atom. The number of hydrogen-bond acceptors (Lipinski definition) is 6. The van der Waals surface area contributed by atoms with Crippen molar-refractivity contribution in [2.75, 3.05) is 0 Å². The van der Waals surface area contributed by atoms with Gasteiger partial charge in [-0.2, -0.15) is 10.2 Å². The Hall–Kier alpha value is -3.74. The monoisotopic (exact) mass is 521 g/mol. The van der Waals surface area contributed by atoms with Crippen LogP contribution in [0, 0.1) is 18.3 Å². The maximum Gasteiger partial charge on any atom is 0.269 e. The lowest BCUT2D eigenvalue weighted by molar-refractivity contribution is 0.460. The maximum absolute atomic E-state index is 13.3. The fraction of sp³-hybridized carbons (Fsp3) is 0.0417. The van der Waals surface area contributed by atoms with Crippen molar-refractivity contribution < 1.29 is 13.2 Å². The number of rotatable bonds is 5. The molecule has 0 aliphatic heterocycles. The van der Waals surface area contributed by atoms with Crippen molar-refractivity contribution in [2.45, 2.75) is 11.8 Å². The summed E-state index contributed by atoms with van der Waals surface area (Å²) in [6, 6.07) is 19.7.